The fourth-order valence-corrected chi connectivity index (χ4v) is 2.48. The van der Waals surface area contributed by atoms with Gasteiger partial charge in [0.1, 0.15) is 5.82 Å². The summed E-state index contributed by atoms with van der Waals surface area (Å²) in [6.45, 7) is 0.799. The minimum Gasteiger partial charge on any atom is -0.364 e. The van der Waals surface area contributed by atoms with Gasteiger partial charge in [0, 0.05) is 11.0 Å². The lowest BCUT2D eigenvalue weighted by Crippen LogP contribution is -2.06. The third-order valence-electron chi connectivity index (χ3n) is 1.34. The Labute approximate surface area is 81.4 Å². The van der Waals surface area contributed by atoms with Crippen molar-refractivity contribution in [3.63, 3.8) is 0 Å². The van der Waals surface area contributed by atoms with Gasteiger partial charge >= 0.3 is 0 Å². The van der Waals surface area contributed by atoms with Crippen LogP contribution in [-0.2, 0) is 0 Å². The summed E-state index contributed by atoms with van der Waals surface area (Å²) in [5.41, 5.74) is 0. The maximum Gasteiger partial charge on any atom is 0.186 e. The van der Waals surface area contributed by atoms with E-state index < -0.39 is 0 Å². The maximum absolute atomic E-state index is 5.72. The SMILES string of the molecule is Clc1nc2c(s1)C=C(Br)CN2. The predicted octanol–water partition coefficient (Wildman–Crippen LogP) is 2.96. The molecule has 0 bridgehead atoms. The summed E-state index contributed by atoms with van der Waals surface area (Å²) in [7, 11) is 0. The molecule has 1 N–H and O–H groups in total. The van der Waals surface area contributed by atoms with Crippen LogP contribution in [0.15, 0.2) is 4.48 Å². The molecule has 1 aromatic rings. The number of anilines is 1. The van der Waals surface area contributed by atoms with E-state index in [1.54, 1.807) is 0 Å². The predicted molar refractivity (Wildman–Crippen MR) is 52.5 cm³/mol. The van der Waals surface area contributed by atoms with E-state index in [1.165, 1.54) is 11.3 Å². The number of aromatic nitrogens is 1. The minimum atomic E-state index is 0.584. The highest BCUT2D eigenvalue weighted by Crippen LogP contribution is 2.32. The van der Waals surface area contributed by atoms with Crippen molar-refractivity contribution in [3.05, 3.63) is 13.8 Å². The normalized spacial score (nSPS) is 15.3. The number of halogens is 2. The number of fused-ring (bicyclic) bond motifs is 1. The first-order valence-corrected chi connectivity index (χ1v) is 5.01. The molecule has 1 aliphatic rings. The summed E-state index contributed by atoms with van der Waals surface area (Å²) in [6.07, 6.45) is 2.04. The molecule has 1 aromatic heterocycles. The maximum atomic E-state index is 5.72. The van der Waals surface area contributed by atoms with Gasteiger partial charge in [0.25, 0.3) is 0 Å². The third-order valence-corrected chi connectivity index (χ3v) is 2.96. The molecule has 2 rings (SSSR count). The number of rotatable bonds is 0. The van der Waals surface area contributed by atoms with Gasteiger partial charge in [-0.1, -0.05) is 27.5 Å². The van der Waals surface area contributed by atoms with Crippen LogP contribution in [0.4, 0.5) is 5.82 Å². The van der Waals surface area contributed by atoms with Crippen LogP contribution >= 0.6 is 38.9 Å². The second kappa shape index (κ2) is 2.77. The first kappa shape index (κ1) is 7.58. The first-order chi connectivity index (χ1) is 5.25. The van der Waals surface area contributed by atoms with E-state index in [0.29, 0.717) is 4.47 Å². The summed E-state index contributed by atoms with van der Waals surface area (Å²) in [5, 5.41) is 3.13. The fraction of sp³-hybridized carbons (Fsp3) is 0.167. The summed E-state index contributed by atoms with van der Waals surface area (Å²) < 4.78 is 1.71. The van der Waals surface area contributed by atoms with Crippen molar-refractivity contribution in [2.45, 2.75) is 0 Å². The van der Waals surface area contributed by atoms with Crippen LogP contribution < -0.4 is 5.32 Å². The fourth-order valence-electron chi connectivity index (χ4n) is 0.891. The van der Waals surface area contributed by atoms with Crippen molar-refractivity contribution in [2.24, 2.45) is 0 Å². The number of thiazole rings is 1. The Hall–Kier alpha value is -0.0600. The van der Waals surface area contributed by atoms with Crippen LogP contribution in [0.25, 0.3) is 6.08 Å². The van der Waals surface area contributed by atoms with E-state index in [1.807, 2.05) is 6.08 Å². The molecule has 0 spiro atoms. The van der Waals surface area contributed by atoms with Crippen molar-refractivity contribution in [2.75, 3.05) is 11.9 Å². The second-order valence-electron chi connectivity index (χ2n) is 2.12. The molecule has 58 valence electrons. The van der Waals surface area contributed by atoms with E-state index in [-0.39, 0.29) is 0 Å². The van der Waals surface area contributed by atoms with E-state index in [4.69, 9.17) is 11.6 Å². The molecule has 0 unspecified atom stereocenters. The molecule has 0 saturated carbocycles. The highest BCUT2D eigenvalue weighted by Gasteiger charge is 2.12. The Bertz CT molecular complexity index is 320. The van der Waals surface area contributed by atoms with Gasteiger partial charge in [-0.3, -0.25) is 0 Å². The molecule has 0 aromatic carbocycles. The standard InChI is InChI=1S/C6H4BrClN2S/c7-3-1-4-5(9-2-3)10-6(8)11-4/h1,9H,2H2. The van der Waals surface area contributed by atoms with Crippen LogP contribution in [-0.4, -0.2) is 11.5 Å². The number of nitrogens with zero attached hydrogens (tertiary/aromatic N) is 1. The van der Waals surface area contributed by atoms with Gasteiger partial charge in [-0.25, -0.2) is 4.98 Å². The molecule has 11 heavy (non-hydrogen) atoms. The largest absolute Gasteiger partial charge is 0.364 e. The topological polar surface area (TPSA) is 24.9 Å². The van der Waals surface area contributed by atoms with Gasteiger partial charge in [-0.15, -0.1) is 11.3 Å². The molecule has 2 heterocycles. The van der Waals surface area contributed by atoms with E-state index in [9.17, 15) is 0 Å². The molecule has 0 atom stereocenters. The quantitative estimate of drug-likeness (QED) is 0.767. The Balaban J connectivity index is 2.50. The van der Waals surface area contributed by atoms with Crippen molar-refractivity contribution in [1.29, 1.82) is 0 Å². The molecule has 0 aliphatic carbocycles. The zero-order valence-electron chi connectivity index (χ0n) is 5.40. The molecule has 0 radical (unpaired) electrons. The smallest absolute Gasteiger partial charge is 0.186 e. The number of hydrogen-bond donors (Lipinski definition) is 1. The Morgan fingerprint density at radius 1 is 1.73 bits per heavy atom. The number of hydrogen-bond acceptors (Lipinski definition) is 3. The Morgan fingerprint density at radius 3 is 3.36 bits per heavy atom. The average Bonchev–Trinajstić information content (AvgIpc) is 2.27. The van der Waals surface area contributed by atoms with E-state index in [0.717, 1.165) is 21.7 Å². The zero-order valence-corrected chi connectivity index (χ0v) is 8.55. The number of nitrogens with one attached hydrogen (secondary N) is 1. The molecular weight excluding hydrogens is 248 g/mol. The van der Waals surface area contributed by atoms with Crippen molar-refractivity contribution >= 4 is 50.8 Å². The van der Waals surface area contributed by atoms with E-state index >= 15 is 0 Å². The van der Waals surface area contributed by atoms with Crippen molar-refractivity contribution < 1.29 is 0 Å². The molecule has 5 heteroatoms. The van der Waals surface area contributed by atoms with Gasteiger partial charge in [-0.05, 0) is 6.08 Å². The van der Waals surface area contributed by atoms with Crippen molar-refractivity contribution in [1.82, 2.24) is 4.98 Å². The summed E-state index contributed by atoms with van der Waals surface area (Å²) in [6, 6.07) is 0. The van der Waals surface area contributed by atoms with Gasteiger partial charge in [-0.2, -0.15) is 0 Å². The molecular formula is C6H4BrClN2S. The Kier molecular flexibility index (Phi) is 1.91. The first-order valence-electron chi connectivity index (χ1n) is 3.02. The molecule has 0 amide bonds. The lowest BCUT2D eigenvalue weighted by Gasteiger charge is -2.08. The van der Waals surface area contributed by atoms with Crippen LogP contribution in [0.5, 0.6) is 0 Å². The van der Waals surface area contributed by atoms with Gasteiger partial charge < -0.3 is 5.32 Å². The lowest BCUT2D eigenvalue weighted by molar-refractivity contribution is 1.24. The van der Waals surface area contributed by atoms with Gasteiger partial charge in [0.2, 0.25) is 0 Å². The zero-order chi connectivity index (χ0) is 7.84. The highest BCUT2D eigenvalue weighted by atomic mass is 79.9. The lowest BCUT2D eigenvalue weighted by atomic mass is 10.3. The third kappa shape index (κ3) is 1.43. The molecule has 2 nitrogen and oxygen atoms in total. The molecule has 1 aliphatic heterocycles. The van der Waals surface area contributed by atoms with Crippen LogP contribution in [0.1, 0.15) is 4.88 Å². The van der Waals surface area contributed by atoms with Crippen molar-refractivity contribution in [3.8, 4) is 0 Å². The highest BCUT2D eigenvalue weighted by molar-refractivity contribution is 9.11. The van der Waals surface area contributed by atoms with Crippen LogP contribution in [0.3, 0.4) is 0 Å². The summed E-state index contributed by atoms with van der Waals surface area (Å²) >= 11 is 10.6. The summed E-state index contributed by atoms with van der Waals surface area (Å²) in [5.74, 6) is 0.892. The molecule has 0 fully saturated rings. The monoisotopic (exact) mass is 250 g/mol. The second-order valence-corrected chi connectivity index (χ2v) is 4.76. The van der Waals surface area contributed by atoms with Crippen LogP contribution in [0.2, 0.25) is 4.47 Å². The van der Waals surface area contributed by atoms with Gasteiger partial charge in [0.15, 0.2) is 4.47 Å². The average molecular weight is 252 g/mol. The minimum absolute atomic E-state index is 0.584. The van der Waals surface area contributed by atoms with Crippen LogP contribution in [0, 0.1) is 0 Å². The summed E-state index contributed by atoms with van der Waals surface area (Å²) in [4.78, 5) is 5.18. The van der Waals surface area contributed by atoms with Gasteiger partial charge in [0.05, 0.1) is 4.88 Å². The molecule has 0 saturated heterocycles. The van der Waals surface area contributed by atoms with E-state index in [2.05, 4.69) is 26.2 Å². The Morgan fingerprint density at radius 2 is 2.55 bits per heavy atom.